The summed E-state index contributed by atoms with van der Waals surface area (Å²) in [7, 11) is 1.33. The molecule has 0 saturated carbocycles. The smallest absolute Gasteiger partial charge is 0.322 e. The number of carbonyl (C=O) groups is 2. The number of hydrogen-bond donors (Lipinski definition) is 3. The maximum absolute atomic E-state index is 11.6. The zero-order chi connectivity index (χ0) is 13.4. The van der Waals surface area contributed by atoms with Crippen LogP contribution in [0.3, 0.4) is 0 Å². The normalized spacial score (nSPS) is 20.4. The molecule has 1 fully saturated rings. The van der Waals surface area contributed by atoms with Crippen LogP contribution in [0.4, 0.5) is 0 Å². The number of nitrogens with two attached hydrogens (primary N) is 1. The minimum absolute atomic E-state index is 0.0368. The van der Waals surface area contributed by atoms with E-state index >= 15 is 0 Å². The van der Waals surface area contributed by atoms with Gasteiger partial charge in [-0.3, -0.25) is 14.9 Å². The number of amides is 1. The van der Waals surface area contributed by atoms with E-state index in [0.717, 1.165) is 25.1 Å². The van der Waals surface area contributed by atoms with Crippen molar-refractivity contribution in [2.45, 2.75) is 30.7 Å². The first-order valence-electron chi connectivity index (χ1n) is 6.11. The molecule has 0 bridgehead atoms. The second-order valence-electron chi connectivity index (χ2n) is 4.12. The molecule has 104 valence electrons. The molecule has 1 aliphatic heterocycles. The van der Waals surface area contributed by atoms with Crippen molar-refractivity contribution in [3.05, 3.63) is 0 Å². The highest BCUT2D eigenvalue weighted by atomic mass is 32.2. The first kappa shape index (κ1) is 15.3. The van der Waals surface area contributed by atoms with Crippen molar-refractivity contribution in [2.75, 3.05) is 26.0 Å². The van der Waals surface area contributed by atoms with Gasteiger partial charge in [-0.25, -0.2) is 0 Å². The van der Waals surface area contributed by atoms with Crippen LogP contribution in [0.1, 0.15) is 19.3 Å². The Balaban J connectivity index is 2.01. The molecule has 1 aliphatic rings. The van der Waals surface area contributed by atoms with Crippen LogP contribution >= 0.6 is 11.8 Å². The molecule has 0 radical (unpaired) electrons. The molecule has 18 heavy (non-hydrogen) atoms. The molecule has 0 spiro atoms. The van der Waals surface area contributed by atoms with Gasteiger partial charge < -0.3 is 15.8 Å². The fraction of sp³-hybridized carbons (Fsp3) is 0.818. The molecule has 1 heterocycles. The van der Waals surface area contributed by atoms with E-state index in [4.69, 9.17) is 5.73 Å². The van der Waals surface area contributed by atoms with Crippen LogP contribution in [0, 0.1) is 0 Å². The summed E-state index contributed by atoms with van der Waals surface area (Å²) in [5, 5.41) is 5.86. The van der Waals surface area contributed by atoms with Crippen LogP contribution < -0.4 is 16.4 Å². The monoisotopic (exact) mass is 275 g/mol. The van der Waals surface area contributed by atoms with Crippen molar-refractivity contribution in [1.29, 1.82) is 0 Å². The number of ether oxygens (including phenoxy) is 1. The molecule has 1 rings (SSSR count). The van der Waals surface area contributed by atoms with Crippen LogP contribution in [0.5, 0.6) is 0 Å². The van der Waals surface area contributed by atoms with Gasteiger partial charge in [-0.1, -0.05) is 0 Å². The van der Waals surface area contributed by atoms with E-state index in [0.29, 0.717) is 13.0 Å². The minimum Gasteiger partial charge on any atom is -0.468 e. The maximum Gasteiger partial charge on any atom is 0.322 e. The summed E-state index contributed by atoms with van der Waals surface area (Å²) in [6.07, 6.45) is 2.19. The molecule has 0 aromatic heterocycles. The van der Waals surface area contributed by atoms with Crippen molar-refractivity contribution in [1.82, 2.24) is 10.6 Å². The Kier molecular flexibility index (Phi) is 7.07. The van der Waals surface area contributed by atoms with Crippen molar-refractivity contribution >= 4 is 23.6 Å². The zero-order valence-electron chi connectivity index (χ0n) is 10.6. The quantitative estimate of drug-likeness (QED) is 0.426. The van der Waals surface area contributed by atoms with E-state index in [2.05, 4.69) is 15.4 Å². The van der Waals surface area contributed by atoms with Crippen molar-refractivity contribution < 1.29 is 14.3 Å². The first-order chi connectivity index (χ1) is 8.65. The molecule has 2 atom stereocenters. The Labute approximate surface area is 111 Å². The third kappa shape index (κ3) is 5.24. The molecule has 0 aromatic carbocycles. The van der Waals surface area contributed by atoms with Gasteiger partial charge in [0.15, 0.2) is 0 Å². The molecule has 0 aliphatic carbocycles. The number of rotatable bonds is 7. The van der Waals surface area contributed by atoms with Gasteiger partial charge in [0, 0.05) is 18.8 Å². The lowest BCUT2D eigenvalue weighted by Gasteiger charge is -2.11. The average molecular weight is 275 g/mol. The number of nitrogens with one attached hydrogen (secondary N) is 2. The third-order valence-electron chi connectivity index (χ3n) is 2.70. The molecule has 1 saturated heterocycles. The predicted octanol–water partition coefficient (Wildman–Crippen LogP) is -0.564. The topological polar surface area (TPSA) is 93.4 Å². The van der Waals surface area contributed by atoms with Gasteiger partial charge in [0.2, 0.25) is 5.91 Å². The van der Waals surface area contributed by atoms with Gasteiger partial charge in [-0.05, 0) is 19.3 Å². The standard InChI is InChI=1S/C11H21N3O3S/c1-17-11(16)8(12)4-2-3-5-13-9(15)10-14-6-7-18-10/h8,10,14H,2-7,12H2,1H3,(H,13,15)/t8-,10+/m0/s1. The third-order valence-corrected chi connectivity index (χ3v) is 3.85. The van der Waals surface area contributed by atoms with E-state index in [1.165, 1.54) is 7.11 Å². The summed E-state index contributed by atoms with van der Waals surface area (Å²) in [6, 6.07) is -0.558. The summed E-state index contributed by atoms with van der Waals surface area (Å²) in [5.41, 5.74) is 5.59. The van der Waals surface area contributed by atoms with E-state index in [1.807, 2.05) is 0 Å². The Morgan fingerprint density at radius 1 is 1.56 bits per heavy atom. The molecule has 4 N–H and O–H groups in total. The second kappa shape index (κ2) is 8.34. The Morgan fingerprint density at radius 3 is 2.94 bits per heavy atom. The number of unbranched alkanes of at least 4 members (excludes halogenated alkanes) is 1. The summed E-state index contributed by atoms with van der Waals surface area (Å²) in [6.45, 7) is 1.50. The summed E-state index contributed by atoms with van der Waals surface area (Å²) >= 11 is 1.62. The van der Waals surface area contributed by atoms with Crippen molar-refractivity contribution in [3.8, 4) is 0 Å². The van der Waals surface area contributed by atoms with E-state index in [1.54, 1.807) is 11.8 Å². The number of esters is 1. The van der Waals surface area contributed by atoms with Crippen molar-refractivity contribution in [3.63, 3.8) is 0 Å². The summed E-state index contributed by atoms with van der Waals surface area (Å²) in [5.74, 6) is 0.631. The lowest BCUT2D eigenvalue weighted by Crippen LogP contribution is -2.39. The van der Waals surface area contributed by atoms with E-state index in [9.17, 15) is 9.59 Å². The second-order valence-corrected chi connectivity index (χ2v) is 5.33. The van der Waals surface area contributed by atoms with Crippen LogP contribution in [-0.2, 0) is 14.3 Å². The van der Waals surface area contributed by atoms with Crippen LogP contribution in [0.15, 0.2) is 0 Å². The zero-order valence-corrected chi connectivity index (χ0v) is 11.4. The van der Waals surface area contributed by atoms with Crippen molar-refractivity contribution in [2.24, 2.45) is 5.73 Å². The number of thioether (sulfide) groups is 1. The van der Waals surface area contributed by atoms with Gasteiger partial charge in [-0.2, -0.15) is 0 Å². The first-order valence-corrected chi connectivity index (χ1v) is 7.16. The van der Waals surface area contributed by atoms with Crippen LogP contribution in [0.25, 0.3) is 0 Å². The van der Waals surface area contributed by atoms with Gasteiger partial charge >= 0.3 is 5.97 Å². The molecule has 0 unspecified atom stereocenters. The molecular weight excluding hydrogens is 254 g/mol. The lowest BCUT2D eigenvalue weighted by molar-refractivity contribution is -0.142. The summed E-state index contributed by atoms with van der Waals surface area (Å²) in [4.78, 5) is 22.6. The highest BCUT2D eigenvalue weighted by molar-refractivity contribution is 8.00. The maximum atomic E-state index is 11.6. The molecule has 7 heteroatoms. The molecule has 0 aromatic rings. The molecule has 1 amide bonds. The highest BCUT2D eigenvalue weighted by Gasteiger charge is 2.21. The Morgan fingerprint density at radius 2 is 2.33 bits per heavy atom. The SMILES string of the molecule is COC(=O)[C@@H](N)CCCCNC(=O)[C@@H]1NCCS1. The van der Waals surface area contributed by atoms with Crippen LogP contribution in [0.2, 0.25) is 0 Å². The fourth-order valence-electron chi connectivity index (χ4n) is 1.66. The van der Waals surface area contributed by atoms with Gasteiger partial charge in [-0.15, -0.1) is 11.8 Å². The number of methoxy groups -OCH3 is 1. The molecule has 6 nitrogen and oxygen atoms in total. The van der Waals surface area contributed by atoms with Crippen LogP contribution in [-0.4, -0.2) is 49.2 Å². The predicted molar refractivity (Wildman–Crippen MR) is 71.1 cm³/mol. The van der Waals surface area contributed by atoms with Gasteiger partial charge in [0.25, 0.3) is 0 Å². The molecular formula is C11H21N3O3S. The number of carbonyl (C=O) groups excluding carboxylic acids is 2. The minimum atomic E-state index is -0.558. The summed E-state index contributed by atoms with van der Waals surface area (Å²) < 4.78 is 4.53. The van der Waals surface area contributed by atoms with Gasteiger partial charge in [0.1, 0.15) is 11.4 Å². The largest absolute Gasteiger partial charge is 0.468 e. The van der Waals surface area contributed by atoms with E-state index in [-0.39, 0.29) is 17.3 Å². The average Bonchev–Trinajstić information content (AvgIpc) is 2.90. The fourth-order valence-corrected chi connectivity index (χ4v) is 2.60. The lowest BCUT2D eigenvalue weighted by atomic mass is 10.1. The Bertz CT molecular complexity index is 283. The number of hydrogen-bond acceptors (Lipinski definition) is 6. The van der Waals surface area contributed by atoms with Gasteiger partial charge in [0.05, 0.1) is 7.11 Å². The highest BCUT2D eigenvalue weighted by Crippen LogP contribution is 2.13. The Hall–Kier alpha value is -0.790. The van der Waals surface area contributed by atoms with E-state index < -0.39 is 6.04 Å².